The summed E-state index contributed by atoms with van der Waals surface area (Å²) < 4.78 is 0. The van der Waals surface area contributed by atoms with Crippen LogP contribution in [0.15, 0.2) is 18.3 Å². The number of nitrogens with zero attached hydrogens (tertiary/aromatic N) is 1. The van der Waals surface area contributed by atoms with Gasteiger partial charge in [0.25, 0.3) is 5.91 Å². The van der Waals surface area contributed by atoms with Crippen LogP contribution in [0.3, 0.4) is 0 Å². The van der Waals surface area contributed by atoms with Crippen LogP contribution in [0.4, 0.5) is 0 Å². The maximum absolute atomic E-state index is 11.5. The Morgan fingerprint density at radius 2 is 2.20 bits per heavy atom. The van der Waals surface area contributed by atoms with E-state index in [4.69, 9.17) is 18.0 Å². The molecule has 15 heavy (non-hydrogen) atoms. The molecule has 1 amide bonds. The van der Waals surface area contributed by atoms with E-state index in [1.54, 1.807) is 12.1 Å². The van der Waals surface area contributed by atoms with Crippen LogP contribution in [0.2, 0.25) is 0 Å². The van der Waals surface area contributed by atoms with Crippen molar-refractivity contribution in [2.45, 2.75) is 19.9 Å². The molecule has 0 aromatic carbocycles. The quantitative estimate of drug-likeness (QED) is 0.746. The molecule has 0 saturated carbocycles. The molecule has 0 saturated heterocycles. The number of rotatable bonds is 3. The van der Waals surface area contributed by atoms with Gasteiger partial charge < -0.3 is 11.1 Å². The summed E-state index contributed by atoms with van der Waals surface area (Å²) >= 11 is 4.78. The highest BCUT2D eigenvalue weighted by atomic mass is 32.1. The van der Waals surface area contributed by atoms with E-state index in [1.165, 1.54) is 6.20 Å². The second-order valence-corrected chi connectivity index (χ2v) is 3.86. The van der Waals surface area contributed by atoms with Crippen molar-refractivity contribution in [3.05, 3.63) is 29.6 Å². The average Bonchev–Trinajstić information content (AvgIpc) is 2.17. The van der Waals surface area contributed by atoms with Gasteiger partial charge in [-0.3, -0.25) is 9.78 Å². The molecule has 80 valence electrons. The van der Waals surface area contributed by atoms with Crippen molar-refractivity contribution in [3.8, 4) is 0 Å². The van der Waals surface area contributed by atoms with Crippen LogP contribution in [-0.4, -0.2) is 21.9 Å². The third kappa shape index (κ3) is 3.28. The third-order valence-corrected chi connectivity index (χ3v) is 1.94. The zero-order valence-electron chi connectivity index (χ0n) is 8.65. The van der Waals surface area contributed by atoms with Crippen molar-refractivity contribution < 1.29 is 4.79 Å². The summed E-state index contributed by atoms with van der Waals surface area (Å²) in [4.78, 5) is 15.7. The maximum atomic E-state index is 11.5. The van der Waals surface area contributed by atoms with Gasteiger partial charge in [-0.05, 0) is 26.0 Å². The topological polar surface area (TPSA) is 68.0 Å². The molecular weight excluding hydrogens is 210 g/mol. The highest BCUT2D eigenvalue weighted by molar-refractivity contribution is 7.80. The molecule has 0 aliphatic rings. The molecule has 0 bridgehead atoms. The summed E-state index contributed by atoms with van der Waals surface area (Å²) in [7, 11) is 0. The summed E-state index contributed by atoms with van der Waals surface area (Å²) in [5, 5.41) is 2.74. The third-order valence-electron chi connectivity index (χ3n) is 1.70. The van der Waals surface area contributed by atoms with E-state index in [-0.39, 0.29) is 16.9 Å². The molecule has 1 aromatic rings. The minimum atomic E-state index is -0.195. The van der Waals surface area contributed by atoms with E-state index in [0.717, 1.165) is 0 Å². The average molecular weight is 223 g/mol. The molecule has 1 aromatic heterocycles. The van der Waals surface area contributed by atoms with Crippen LogP contribution in [0.5, 0.6) is 0 Å². The first-order valence-corrected chi connectivity index (χ1v) is 4.98. The van der Waals surface area contributed by atoms with Crippen LogP contribution in [-0.2, 0) is 0 Å². The van der Waals surface area contributed by atoms with Crippen molar-refractivity contribution in [2.75, 3.05) is 0 Å². The summed E-state index contributed by atoms with van der Waals surface area (Å²) in [5.74, 6) is -0.195. The fraction of sp³-hybridized carbons (Fsp3) is 0.300. The molecule has 0 aliphatic heterocycles. The second-order valence-electron chi connectivity index (χ2n) is 3.42. The smallest absolute Gasteiger partial charge is 0.270 e. The fourth-order valence-corrected chi connectivity index (χ4v) is 1.13. The number of pyridine rings is 1. The standard InChI is InChI=1S/C10H13N3OS/c1-6(2)13-10(14)8-4-3-7(5-12-8)9(11)15/h3-6H,1-2H3,(H2,11,15)(H,13,14). The molecule has 0 atom stereocenters. The number of hydrogen-bond donors (Lipinski definition) is 2. The Kier molecular flexibility index (Phi) is 3.74. The monoisotopic (exact) mass is 223 g/mol. The SMILES string of the molecule is CC(C)NC(=O)c1ccc(C(N)=S)cn1. The number of carbonyl (C=O) groups excluding carboxylic acids is 1. The van der Waals surface area contributed by atoms with Crippen molar-refractivity contribution in [3.63, 3.8) is 0 Å². The van der Waals surface area contributed by atoms with Crippen molar-refractivity contribution in [1.29, 1.82) is 0 Å². The first-order valence-electron chi connectivity index (χ1n) is 4.57. The maximum Gasteiger partial charge on any atom is 0.270 e. The number of nitrogens with one attached hydrogen (secondary N) is 1. The number of nitrogens with two attached hydrogens (primary N) is 1. The van der Waals surface area contributed by atoms with Crippen LogP contribution in [0, 0.1) is 0 Å². The molecule has 0 spiro atoms. The molecular formula is C10H13N3OS. The lowest BCUT2D eigenvalue weighted by molar-refractivity contribution is 0.0938. The highest BCUT2D eigenvalue weighted by Crippen LogP contribution is 2.00. The van der Waals surface area contributed by atoms with Gasteiger partial charge in [0.2, 0.25) is 0 Å². The van der Waals surface area contributed by atoms with Crippen LogP contribution < -0.4 is 11.1 Å². The molecule has 3 N–H and O–H groups in total. The van der Waals surface area contributed by atoms with Crippen molar-refractivity contribution in [2.24, 2.45) is 5.73 Å². The summed E-state index contributed by atoms with van der Waals surface area (Å²) in [6.45, 7) is 3.78. The Morgan fingerprint density at radius 1 is 1.53 bits per heavy atom. The predicted molar refractivity (Wildman–Crippen MR) is 62.7 cm³/mol. The first-order chi connectivity index (χ1) is 7.00. The molecule has 1 heterocycles. The van der Waals surface area contributed by atoms with E-state index in [2.05, 4.69) is 10.3 Å². The van der Waals surface area contributed by atoms with Crippen molar-refractivity contribution >= 4 is 23.1 Å². The van der Waals surface area contributed by atoms with E-state index < -0.39 is 0 Å². The lowest BCUT2D eigenvalue weighted by atomic mass is 10.2. The summed E-state index contributed by atoms with van der Waals surface area (Å²) in [6.07, 6.45) is 1.50. The van der Waals surface area contributed by atoms with E-state index in [9.17, 15) is 4.79 Å². The number of hydrogen-bond acceptors (Lipinski definition) is 3. The number of amides is 1. The Bertz CT molecular complexity index is 373. The molecule has 0 fully saturated rings. The first kappa shape index (κ1) is 11.6. The zero-order chi connectivity index (χ0) is 11.4. The Morgan fingerprint density at radius 3 is 2.60 bits per heavy atom. The minimum absolute atomic E-state index is 0.0922. The van der Waals surface area contributed by atoms with E-state index >= 15 is 0 Å². The lowest BCUT2D eigenvalue weighted by Gasteiger charge is -2.07. The Balaban J connectivity index is 2.80. The molecule has 5 heteroatoms. The van der Waals surface area contributed by atoms with Crippen molar-refractivity contribution in [1.82, 2.24) is 10.3 Å². The Hall–Kier alpha value is -1.49. The van der Waals surface area contributed by atoms with E-state index in [1.807, 2.05) is 13.8 Å². The summed E-state index contributed by atoms with van der Waals surface area (Å²) in [5.41, 5.74) is 6.43. The molecule has 4 nitrogen and oxygen atoms in total. The number of thiocarbonyl (C=S) groups is 1. The van der Waals surface area contributed by atoms with Crippen LogP contribution in [0.1, 0.15) is 29.9 Å². The van der Waals surface area contributed by atoms with Gasteiger partial charge in [0.05, 0.1) is 0 Å². The Labute approximate surface area is 93.9 Å². The van der Waals surface area contributed by atoms with E-state index in [0.29, 0.717) is 11.3 Å². The second kappa shape index (κ2) is 4.84. The highest BCUT2D eigenvalue weighted by Gasteiger charge is 2.08. The fourth-order valence-electron chi connectivity index (χ4n) is 1.01. The lowest BCUT2D eigenvalue weighted by Crippen LogP contribution is -2.30. The van der Waals surface area contributed by atoms with Gasteiger partial charge >= 0.3 is 0 Å². The number of aromatic nitrogens is 1. The van der Waals surface area contributed by atoms with Gasteiger partial charge in [0.1, 0.15) is 10.7 Å². The largest absolute Gasteiger partial charge is 0.389 e. The normalized spacial score (nSPS) is 10.1. The van der Waals surface area contributed by atoms with Crippen LogP contribution >= 0.6 is 12.2 Å². The molecule has 0 aliphatic carbocycles. The van der Waals surface area contributed by atoms with Gasteiger partial charge in [0.15, 0.2) is 0 Å². The summed E-state index contributed by atoms with van der Waals surface area (Å²) in [6, 6.07) is 3.38. The molecule has 0 radical (unpaired) electrons. The molecule has 0 unspecified atom stereocenters. The van der Waals surface area contributed by atoms with Crippen LogP contribution in [0.25, 0.3) is 0 Å². The van der Waals surface area contributed by atoms with Gasteiger partial charge in [-0.25, -0.2) is 0 Å². The van der Waals surface area contributed by atoms with Gasteiger partial charge in [-0.2, -0.15) is 0 Å². The van der Waals surface area contributed by atoms with Gasteiger partial charge in [-0.1, -0.05) is 12.2 Å². The number of carbonyl (C=O) groups is 1. The predicted octanol–water partition coefficient (Wildman–Crippen LogP) is 0.854. The zero-order valence-corrected chi connectivity index (χ0v) is 9.47. The minimum Gasteiger partial charge on any atom is -0.389 e. The van der Waals surface area contributed by atoms with Gasteiger partial charge in [0, 0.05) is 17.8 Å². The molecule has 1 rings (SSSR count). The van der Waals surface area contributed by atoms with Gasteiger partial charge in [-0.15, -0.1) is 0 Å².